The van der Waals surface area contributed by atoms with Crippen molar-refractivity contribution >= 4 is 0 Å². The monoisotopic (exact) mass is 254 g/mol. The van der Waals surface area contributed by atoms with Gasteiger partial charge in [0, 0.05) is 0 Å². The Hall–Kier alpha value is -1.56. The van der Waals surface area contributed by atoms with Gasteiger partial charge in [-0.3, -0.25) is 0 Å². The summed E-state index contributed by atoms with van der Waals surface area (Å²) in [5, 5.41) is 0. The highest BCUT2D eigenvalue weighted by Crippen LogP contribution is 2.23. The van der Waals surface area contributed by atoms with Crippen molar-refractivity contribution in [2.45, 2.75) is 46.5 Å². The first-order chi connectivity index (χ1) is 9.00. The van der Waals surface area contributed by atoms with E-state index in [0.717, 1.165) is 19.3 Å². The molecule has 0 radical (unpaired) electrons. The molecule has 0 atom stereocenters. The van der Waals surface area contributed by atoms with E-state index in [-0.39, 0.29) is 0 Å². The molecule has 0 saturated heterocycles. The van der Waals surface area contributed by atoms with Gasteiger partial charge in [-0.25, -0.2) is 0 Å². The molecule has 19 heavy (non-hydrogen) atoms. The van der Waals surface area contributed by atoms with Crippen LogP contribution < -0.4 is 0 Å². The molecule has 0 nitrogen and oxygen atoms in total. The molecule has 1 aliphatic rings. The molecule has 0 aromatic heterocycles. The topological polar surface area (TPSA) is 0 Å². The second-order valence-electron chi connectivity index (χ2n) is 5.46. The minimum atomic E-state index is 0.961. The molecule has 0 fully saturated rings. The van der Waals surface area contributed by atoms with Crippen molar-refractivity contribution in [2.24, 2.45) is 0 Å². The van der Waals surface area contributed by atoms with Crippen molar-refractivity contribution < 1.29 is 0 Å². The zero-order chi connectivity index (χ0) is 14.3. The number of unbranched alkanes of at least 4 members (excludes halogenated alkanes) is 1. The number of hydrogen-bond acceptors (Lipinski definition) is 0. The average molecular weight is 254 g/mol. The lowest BCUT2D eigenvalue weighted by atomic mass is 9.94. The molecule has 0 heteroatoms. The first kappa shape index (κ1) is 15.5. The van der Waals surface area contributed by atoms with Gasteiger partial charge in [0.2, 0.25) is 0 Å². The van der Waals surface area contributed by atoms with Gasteiger partial charge >= 0.3 is 0 Å². The number of allylic oxidation sites excluding steroid dienone is 10. The molecular weight excluding hydrogens is 228 g/mol. The lowest BCUT2D eigenvalue weighted by molar-refractivity contribution is 0.834. The molecular formula is C19H26. The molecule has 0 aromatic carbocycles. The van der Waals surface area contributed by atoms with Crippen LogP contribution in [0, 0.1) is 0 Å². The van der Waals surface area contributed by atoms with Gasteiger partial charge < -0.3 is 0 Å². The molecule has 0 N–H and O–H groups in total. The van der Waals surface area contributed by atoms with Crippen molar-refractivity contribution in [3.63, 3.8) is 0 Å². The fourth-order valence-corrected chi connectivity index (χ4v) is 2.01. The van der Waals surface area contributed by atoms with Gasteiger partial charge in [-0.2, -0.15) is 0 Å². The lowest BCUT2D eigenvalue weighted by Gasteiger charge is -2.11. The number of rotatable bonds is 6. The van der Waals surface area contributed by atoms with Crippen LogP contribution in [0.3, 0.4) is 0 Å². The highest BCUT2D eigenvalue weighted by molar-refractivity contribution is 5.48. The summed E-state index contributed by atoms with van der Waals surface area (Å²) in [7, 11) is 0. The Labute approximate surface area is 118 Å². The smallest absolute Gasteiger partial charge is 0.00943 e. The summed E-state index contributed by atoms with van der Waals surface area (Å²) in [6.45, 7) is 14.7. The van der Waals surface area contributed by atoms with E-state index in [1.807, 2.05) is 0 Å². The van der Waals surface area contributed by atoms with E-state index in [0.29, 0.717) is 0 Å². The molecule has 0 saturated carbocycles. The Balaban J connectivity index is 2.52. The van der Waals surface area contributed by atoms with Crippen molar-refractivity contribution in [1.82, 2.24) is 0 Å². The predicted molar refractivity (Wildman–Crippen MR) is 87.2 cm³/mol. The predicted octanol–water partition coefficient (Wildman–Crippen LogP) is 6.07. The van der Waals surface area contributed by atoms with E-state index in [9.17, 15) is 0 Å². The highest BCUT2D eigenvalue weighted by Gasteiger charge is 2.04. The summed E-state index contributed by atoms with van der Waals surface area (Å²) in [5.74, 6) is 0. The first-order valence-electron chi connectivity index (χ1n) is 7.05. The Morgan fingerprint density at radius 2 is 2.05 bits per heavy atom. The standard InChI is InChI=1S/C19H26/c1-15(2)10-6-7-11-16(3)18(5)14-19-13-9-8-12-17(19)4/h8-10,13-14H,3-4,6-7,11-12H2,1-2,5H3/b18-14-. The average Bonchev–Trinajstić information content (AvgIpc) is 2.36. The van der Waals surface area contributed by atoms with Gasteiger partial charge in [0.25, 0.3) is 0 Å². The summed E-state index contributed by atoms with van der Waals surface area (Å²) < 4.78 is 0. The van der Waals surface area contributed by atoms with Gasteiger partial charge in [-0.1, -0.05) is 54.7 Å². The van der Waals surface area contributed by atoms with Crippen molar-refractivity contribution in [2.75, 3.05) is 0 Å². The SMILES string of the molecule is C=C1CC=CC=C1/C=C(/C)C(=C)CCCC=C(C)C. The van der Waals surface area contributed by atoms with Crippen LogP contribution in [0.1, 0.15) is 46.5 Å². The maximum atomic E-state index is 4.20. The molecule has 1 aliphatic carbocycles. The van der Waals surface area contributed by atoms with E-state index in [2.05, 4.69) is 64.3 Å². The van der Waals surface area contributed by atoms with E-state index < -0.39 is 0 Å². The summed E-state index contributed by atoms with van der Waals surface area (Å²) in [5.41, 5.74) is 6.35. The molecule has 0 amide bonds. The molecule has 0 aromatic rings. The molecule has 0 unspecified atom stereocenters. The van der Waals surface area contributed by atoms with Gasteiger partial charge in [0.15, 0.2) is 0 Å². The molecule has 0 aliphatic heterocycles. The zero-order valence-electron chi connectivity index (χ0n) is 12.6. The Morgan fingerprint density at radius 1 is 1.32 bits per heavy atom. The minimum absolute atomic E-state index is 0.961. The maximum Gasteiger partial charge on any atom is -0.00943 e. The van der Waals surface area contributed by atoms with Crippen molar-refractivity contribution in [3.8, 4) is 0 Å². The van der Waals surface area contributed by atoms with E-state index >= 15 is 0 Å². The lowest BCUT2D eigenvalue weighted by Crippen LogP contribution is -1.91. The molecule has 102 valence electrons. The fourth-order valence-electron chi connectivity index (χ4n) is 2.01. The Bertz CT molecular complexity index is 460. The van der Waals surface area contributed by atoms with Crippen LogP contribution in [0.5, 0.6) is 0 Å². The van der Waals surface area contributed by atoms with Crippen LogP contribution in [0.25, 0.3) is 0 Å². The summed E-state index contributed by atoms with van der Waals surface area (Å²) >= 11 is 0. The summed E-state index contributed by atoms with van der Waals surface area (Å²) in [6, 6.07) is 0. The maximum absolute atomic E-state index is 4.20. The third-order valence-corrected chi connectivity index (χ3v) is 3.35. The van der Waals surface area contributed by atoms with Crippen LogP contribution in [0.2, 0.25) is 0 Å². The van der Waals surface area contributed by atoms with Gasteiger partial charge in [-0.15, -0.1) is 0 Å². The van der Waals surface area contributed by atoms with Crippen LogP contribution in [0.15, 0.2) is 71.4 Å². The number of hydrogen-bond donors (Lipinski definition) is 0. The van der Waals surface area contributed by atoms with Crippen LogP contribution in [-0.4, -0.2) is 0 Å². The second kappa shape index (κ2) is 7.78. The van der Waals surface area contributed by atoms with Crippen LogP contribution >= 0.6 is 0 Å². The van der Waals surface area contributed by atoms with Crippen molar-refractivity contribution in [3.05, 3.63) is 71.4 Å². The minimum Gasteiger partial charge on any atom is -0.0956 e. The molecule has 0 heterocycles. The molecule has 0 spiro atoms. The van der Waals surface area contributed by atoms with E-state index in [4.69, 9.17) is 0 Å². The Kier molecular flexibility index (Phi) is 6.35. The zero-order valence-corrected chi connectivity index (χ0v) is 12.6. The van der Waals surface area contributed by atoms with Crippen molar-refractivity contribution in [1.29, 1.82) is 0 Å². The fraction of sp³-hybridized carbons (Fsp3) is 0.368. The van der Waals surface area contributed by atoms with Crippen LogP contribution in [-0.2, 0) is 0 Å². The third-order valence-electron chi connectivity index (χ3n) is 3.35. The third kappa shape index (κ3) is 5.74. The normalized spacial score (nSPS) is 15.2. The molecule has 1 rings (SSSR count). The van der Waals surface area contributed by atoms with Gasteiger partial charge in [-0.05, 0) is 63.2 Å². The van der Waals surface area contributed by atoms with Gasteiger partial charge in [0.05, 0.1) is 0 Å². The first-order valence-corrected chi connectivity index (χ1v) is 7.05. The van der Waals surface area contributed by atoms with E-state index in [1.54, 1.807) is 0 Å². The van der Waals surface area contributed by atoms with Gasteiger partial charge in [0.1, 0.15) is 0 Å². The quantitative estimate of drug-likeness (QED) is 0.306. The van der Waals surface area contributed by atoms with E-state index in [1.165, 1.54) is 34.3 Å². The largest absolute Gasteiger partial charge is 0.0956 e. The Morgan fingerprint density at radius 3 is 2.68 bits per heavy atom. The van der Waals surface area contributed by atoms with Crippen LogP contribution in [0.4, 0.5) is 0 Å². The summed E-state index contributed by atoms with van der Waals surface area (Å²) in [6.07, 6.45) is 15.2. The second-order valence-corrected chi connectivity index (χ2v) is 5.46. The summed E-state index contributed by atoms with van der Waals surface area (Å²) in [4.78, 5) is 0. The molecule has 0 bridgehead atoms. The highest BCUT2D eigenvalue weighted by atomic mass is 14.1.